The summed E-state index contributed by atoms with van der Waals surface area (Å²) in [5.74, 6) is -0.749. The van der Waals surface area contributed by atoms with Gasteiger partial charge in [-0.2, -0.15) is 8.78 Å². The van der Waals surface area contributed by atoms with Crippen molar-refractivity contribution in [3.05, 3.63) is 35.6 Å². The van der Waals surface area contributed by atoms with E-state index in [0.717, 1.165) is 18.8 Å². The number of hydrogen-bond donors (Lipinski definition) is 0. The zero-order valence-electron chi connectivity index (χ0n) is 15.6. The predicted molar refractivity (Wildman–Crippen MR) is 96.3 cm³/mol. The van der Waals surface area contributed by atoms with Gasteiger partial charge in [0.1, 0.15) is 12.7 Å². The molecule has 0 amide bonds. The molecule has 3 nitrogen and oxygen atoms in total. The molecule has 1 aliphatic carbocycles. The Labute approximate surface area is 154 Å². The number of ether oxygens (including phenoxy) is 3. The van der Waals surface area contributed by atoms with Crippen molar-refractivity contribution in [1.82, 2.24) is 0 Å². The van der Waals surface area contributed by atoms with E-state index in [0.29, 0.717) is 5.92 Å². The van der Waals surface area contributed by atoms with Crippen LogP contribution >= 0.6 is 0 Å². The fourth-order valence-electron chi connectivity index (χ4n) is 3.77. The third kappa shape index (κ3) is 4.49. The van der Waals surface area contributed by atoms with Crippen LogP contribution in [-0.4, -0.2) is 19.3 Å². The zero-order valence-corrected chi connectivity index (χ0v) is 15.6. The van der Waals surface area contributed by atoms with Gasteiger partial charge in [0.05, 0.1) is 12.9 Å². The summed E-state index contributed by atoms with van der Waals surface area (Å²) < 4.78 is 44.2. The molecule has 1 fully saturated rings. The molecule has 1 aromatic rings. The summed E-state index contributed by atoms with van der Waals surface area (Å²) in [6, 6.07) is 2.79. The van der Waals surface area contributed by atoms with E-state index >= 15 is 0 Å². The Kier molecular flexibility index (Phi) is 6.38. The highest BCUT2D eigenvalue weighted by atomic mass is 19.2. The molecule has 0 bridgehead atoms. The van der Waals surface area contributed by atoms with Crippen molar-refractivity contribution in [3.8, 4) is 11.5 Å². The molecule has 1 saturated carbocycles. The van der Waals surface area contributed by atoms with Crippen molar-refractivity contribution in [2.45, 2.75) is 58.5 Å². The normalized spacial score (nSPS) is 26.0. The van der Waals surface area contributed by atoms with Crippen molar-refractivity contribution in [3.63, 3.8) is 0 Å². The number of hydrogen-bond acceptors (Lipinski definition) is 3. The maximum Gasteiger partial charge on any atom is 0.204 e. The van der Waals surface area contributed by atoms with Gasteiger partial charge in [-0.1, -0.05) is 19.8 Å². The van der Waals surface area contributed by atoms with Crippen LogP contribution in [0.1, 0.15) is 52.4 Å². The van der Waals surface area contributed by atoms with Crippen LogP contribution in [-0.2, 0) is 4.74 Å². The second-order valence-corrected chi connectivity index (χ2v) is 7.38. The average Bonchev–Trinajstić information content (AvgIpc) is 2.66. The van der Waals surface area contributed by atoms with Crippen molar-refractivity contribution >= 4 is 0 Å². The van der Waals surface area contributed by atoms with Gasteiger partial charge in [0.2, 0.25) is 11.6 Å². The van der Waals surface area contributed by atoms with Gasteiger partial charge in [-0.25, -0.2) is 0 Å². The standard InChI is InChI=1S/C21H28F2O3/c1-3-24-18-10-11-19(21(23)20(18)22)26-13-17-9-8-16(12-25-17)15-6-4-14(2)5-7-15/h10-12,14-15,17H,3-9,13H2,1-2H3. The summed E-state index contributed by atoms with van der Waals surface area (Å²) in [4.78, 5) is 0. The minimum Gasteiger partial charge on any atom is -0.495 e. The lowest BCUT2D eigenvalue weighted by Gasteiger charge is -2.31. The van der Waals surface area contributed by atoms with Crippen LogP contribution in [0, 0.1) is 23.5 Å². The van der Waals surface area contributed by atoms with E-state index < -0.39 is 11.6 Å². The summed E-state index contributed by atoms with van der Waals surface area (Å²) in [6.45, 7) is 4.52. The first-order chi connectivity index (χ1) is 12.6. The molecule has 26 heavy (non-hydrogen) atoms. The first kappa shape index (κ1) is 19.0. The molecule has 1 unspecified atom stereocenters. The Hall–Kier alpha value is -1.78. The van der Waals surface area contributed by atoms with E-state index in [-0.39, 0.29) is 30.8 Å². The third-order valence-electron chi connectivity index (χ3n) is 5.44. The summed E-state index contributed by atoms with van der Waals surface area (Å²) in [7, 11) is 0. The van der Waals surface area contributed by atoms with Gasteiger partial charge < -0.3 is 14.2 Å². The molecule has 0 spiro atoms. The minimum atomic E-state index is -1.01. The van der Waals surface area contributed by atoms with Crippen LogP contribution in [0.15, 0.2) is 24.0 Å². The van der Waals surface area contributed by atoms with Crippen LogP contribution in [0.5, 0.6) is 11.5 Å². The van der Waals surface area contributed by atoms with E-state index in [4.69, 9.17) is 14.2 Å². The van der Waals surface area contributed by atoms with E-state index in [2.05, 4.69) is 6.92 Å². The SMILES string of the molecule is CCOc1ccc(OCC2CCC(C3CCC(C)CC3)=CO2)c(F)c1F. The highest BCUT2D eigenvalue weighted by Crippen LogP contribution is 2.36. The Morgan fingerprint density at radius 3 is 2.23 bits per heavy atom. The minimum absolute atomic E-state index is 0.0966. The predicted octanol–water partition coefficient (Wildman–Crippen LogP) is 5.63. The van der Waals surface area contributed by atoms with E-state index in [1.54, 1.807) is 6.92 Å². The van der Waals surface area contributed by atoms with E-state index in [9.17, 15) is 8.78 Å². The maximum absolute atomic E-state index is 14.0. The lowest BCUT2D eigenvalue weighted by atomic mass is 9.78. The topological polar surface area (TPSA) is 27.7 Å². The van der Waals surface area contributed by atoms with Crippen molar-refractivity contribution < 1.29 is 23.0 Å². The molecule has 0 aromatic heterocycles. The summed E-state index contributed by atoms with van der Waals surface area (Å²) in [5.41, 5.74) is 1.39. The van der Waals surface area contributed by atoms with Crippen LogP contribution < -0.4 is 9.47 Å². The van der Waals surface area contributed by atoms with Gasteiger partial charge in [0.25, 0.3) is 0 Å². The van der Waals surface area contributed by atoms with Gasteiger partial charge in [-0.3, -0.25) is 0 Å². The van der Waals surface area contributed by atoms with Gasteiger partial charge in [0, 0.05) is 0 Å². The maximum atomic E-state index is 14.0. The van der Waals surface area contributed by atoms with Crippen LogP contribution in [0.2, 0.25) is 0 Å². The molecular weight excluding hydrogens is 338 g/mol. The van der Waals surface area contributed by atoms with Gasteiger partial charge >= 0.3 is 0 Å². The fourth-order valence-corrected chi connectivity index (χ4v) is 3.77. The Balaban J connectivity index is 1.51. The molecule has 5 heteroatoms. The van der Waals surface area contributed by atoms with Crippen LogP contribution in [0.25, 0.3) is 0 Å². The average molecular weight is 366 g/mol. The molecule has 1 heterocycles. The van der Waals surface area contributed by atoms with Gasteiger partial charge in [0.15, 0.2) is 11.5 Å². The Bertz CT molecular complexity index is 636. The molecule has 1 aliphatic heterocycles. The Morgan fingerprint density at radius 2 is 1.65 bits per heavy atom. The summed E-state index contributed by atoms with van der Waals surface area (Å²) in [6.07, 6.45) is 8.66. The number of benzene rings is 1. The van der Waals surface area contributed by atoms with E-state index in [1.165, 1.54) is 43.4 Å². The lowest BCUT2D eigenvalue weighted by Crippen LogP contribution is -2.25. The van der Waals surface area contributed by atoms with Gasteiger partial charge in [-0.05, 0) is 62.1 Å². The smallest absolute Gasteiger partial charge is 0.204 e. The number of rotatable bonds is 6. The van der Waals surface area contributed by atoms with Crippen molar-refractivity contribution in [2.24, 2.45) is 11.8 Å². The monoisotopic (exact) mass is 366 g/mol. The lowest BCUT2D eigenvalue weighted by molar-refractivity contribution is 0.0640. The van der Waals surface area contributed by atoms with Crippen molar-refractivity contribution in [2.75, 3.05) is 13.2 Å². The first-order valence-electron chi connectivity index (χ1n) is 9.66. The fraction of sp³-hybridized carbons (Fsp3) is 0.619. The van der Waals surface area contributed by atoms with E-state index in [1.807, 2.05) is 6.26 Å². The molecule has 0 N–H and O–H groups in total. The molecule has 1 atom stereocenters. The molecule has 2 aliphatic rings. The number of halogens is 2. The summed E-state index contributed by atoms with van der Waals surface area (Å²) >= 11 is 0. The molecule has 0 saturated heterocycles. The van der Waals surface area contributed by atoms with Gasteiger partial charge in [-0.15, -0.1) is 0 Å². The molecular formula is C21H28F2O3. The van der Waals surface area contributed by atoms with Crippen LogP contribution in [0.3, 0.4) is 0 Å². The largest absolute Gasteiger partial charge is 0.495 e. The van der Waals surface area contributed by atoms with Crippen LogP contribution in [0.4, 0.5) is 8.78 Å². The molecule has 1 aromatic carbocycles. The second kappa shape index (κ2) is 8.74. The molecule has 3 rings (SSSR count). The number of allylic oxidation sites excluding steroid dienone is 1. The second-order valence-electron chi connectivity index (χ2n) is 7.38. The highest BCUT2D eigenvalue weighted by Gasteiger charge is 2.26. The van der Waals surface area contributed by atoms with Crippen molar-refractivity contribution in [1.29, 1.82) is 0 Å². The molecule has 144 valence electrons. The quantitative estimate of drug-likeness (QED) is 0.653. The third-order valence-corrected chi connectivity index (χ3v) is 5.44. The Morgan fingerprint density at radius 1 is 1.00 bits per heavy atom. The molecule has 0 radical (unpaired) electrons. The summed E-state index contributed by atoms with van der Waals surface area (Å²) in [5, 5.41) is 0. The highest BCUT2D eigenvalue weighted by molar-refractivity contribution is 5.35. The first-order valence-corrected chi connectivity index (χ1v) is 9.66. The zero-order chi connectivity index (χ0) is 18.5.